The molecule has 3 aromatic carbocycles. The van der Waals surface area contributed by atoms with E-state index in [-0.39, 0.29) is 18.2 Å². The molecule has 1 aliphatic heterocycles. The fraction of sp³-hybridized carbons (Fsp3) is 0.462. The number of methoxy groups -OCH3 is 2. The first-order valence-corrected chi connectivity index (χ1v) is 19.2. The van der Waals surface area contributed by atoms with Crippen LogP contribution in [-0.4, -0.2) is 95.1 Å². The van der Waals surface area contributed by atoms with Crippen LogP contribution >= 0.6 is 0 Å². The summed E-state index contributed by atoms with van der Waals surface area (Å²) in [6.07, 6.45) is 4.67. The Kier molecular flexibility index (Phi) is 12.1. The van der Waals surface area contributed by atoms with Gasteiger partial charge in [-0.15, -0.1) is 0 Å². The van der Waals surface area contributed by atoms with Crippen LogP contribution in [0.25, 0.3) is 22.2 Å². The molecule has 0 radical (unpaired) electrons. The first-order chi connectivity index (χ1) is 24.7. The number of aromatic nitrogens is 1. The number of rotatable bonds is 14. The van der Waals surface area contributed by atoms with E-state index in [1.54, 1.807) is 6.07 Å². The Hall–Kier alpha value is -3.78. The molecule has 11 nitrogen and oxygen atoms in total. The van der Waals surface area contributed by atoms with Crippen molar-refractivity contribution in [1.82, 2.24) is 18.5 Å². The van der Waals surface area contributed by atoms with Crippen LogP contribution in [-0.2, 0) is 37.5 Å². The van der Waals surface area contributed by atoms with Gasteiger partial charge in [-0.25, -0.2) is 4.72 Å². The minimum absolute atomic E-state index is 0.0868. The summed E-state index contributed by atoms with van der Waals surface area (Å²) in [5, 5.41) is 1.06. The summed E-state index contributed by atoms with van der Waals surface area (Å²) in [4.78, 5) is 15.8. The summed E-state index contributed by atoms with van der Waals surface area (Å²) >= 11 is 0. The number of hydrogen-bond donors (Lipinski definition) is 1. The Morgan fingerprint density at radius 1 is 0.980 bits per heavy atom. The maximum atomic E-state index is 13.6. The van der Waals surface area contributed by atoms with Crippen molar-refractivity contribution in [2.24, 2.45) is 0 Å². The lowest BCUT2D eigenvalue weighted by molar-refractivity contribution is -0.106. The largest absolute Gasteiger partial charge is 0.490 e. The quantitative estimate of drug-likeness (QED) is 0.163. The molecule has 2 aliphatic rings. The van der Waals surface area contributed by atoms with E-state index in [4.69, 9.17) is 18.9 Å². The highest BCUT2D eigenvalue weighted by Gasteiger charge is 2.32. The van der Waals surface area contributed by atoms with E-state index in [0.717, 1.165) is 71.0 Å². The summed E-state index contributed by atoms with van der Waals surface area (Å²) in [5.41, 5.74) is 5.71. The number of hydrogen-bond acceptors (Lipinski definition) is 8. The molecule has 1 atom stereocenters. The van der Waals surface area contributed by atoms with Gasteiger partial charge in [-0.05, 0) is 61.2 Å². The van der Waals surface area contributed by atoms with Crippen molar-refractivity contribution in [1.29, 1.82) is 0 Å². The number of likely N-dealkylation sites (N-methyl/N-ethyl adjacent to an activating group) is 2. The molecule has 1 N–H and O–H groups in total. The molecule has 274 valence electrons. The molecule has 1 fully saturated rings. The molecule has 1 aromatic heterocycles. The highest BCUT2D eigenvalue weighted by atomic mass is 32.2. The Labute approximate surface area is 301 Å². The minimum atomic E-state index is -4.18. The Morgan fingerprint density at radius 2 is 1.71 bits per heavy atom. The van der Waals surface area contributed by atoms with Gasteiger partial charge in [0.25, 0.3) is 5.91 Å². The van der Waals surface area contributed by atoms with Gasteiger partial charge in [0.1, 0.15) is 18.5 Å². The number of ether oxygens (including phenoxy) is 4. The third kappa shape index (κ3) is 8.65. The first-order valence-electron chi connectivity index (χ1n) is 17.7. The second-order valence-electron chi connectivity index (χ2n) is 13.6. The average Bonchev–Trinajstić information content (AvgIpc) is 3.44. The van der Waals surface area contributed by atoms with Crippen LogP contribution in [0, 0.1) is 0 Å². The topological polar surface area (TPSA) is 112 Å². The van der Waals surface area contributed by atoms with Crippen LogP contribution in [0.2, 0.25) is 0 Å². The van der Waals surface area contributed by atoms with Crippen molar-refractivity contribution in [3.63, 3.8) is 0 Å². The zero-order valence-electron chi connectivity index (χ0n) is 30.0. The van der Waals surface area contributed by atoms with Crippen molar-refractivity contribution < 1.29 is 32.2 Å². The zero-order valence-corrected chi connectivity index (χ0v) is 30.9. The Balaban J connectivity index is 1.34. The molecule has 2 heterocycles. The van der Waals surface area contributed by atoms with E-state index in [1.807, 2.05) is 36.4 Å². The molecule has 4 aromatic rings. The highest BCUT2D eigenvalue weighted by Crippen LogP contribution is 2.47. The average molecular weight is 719 g/mol. The number of carbonyl (C=O) groups is 1. The lowest BCUT2D eigenvalue weighted by Crippen LogP contribution is -2.45. The van der Waals surface area contributed by atoms with E-state index in [2.05, 4.69) is 51.6 Å². The van der Waals surface area contributed by atoms with Crippen molar-refractivity contribution in [2.45, 2.75) is 63.5 Å². The number of benzene rings is 3. The third-order valence-electron chi connectivity index (χ3n) is 10.0. The molecule has 51 heavy (non-hydrogen) atoms. The van der Waals surface area contributed by atoms with E-state index in [1.165, 1.54) is 38.8 Å². The van der Waals surface area contributed by atoms with E-state index in [9.17, 15) is 13.2 Å². The normalized spacial score (nSPS) is 16.9. The molecular formula is C39H50N4O7S. The molecule has 0 unspecified atom stereocenters. The molecule has 1 saturated carbocycles. The number of nitrogens with zero attached hydrogens (tertiary/aromatic N) is 3. The van der Waals surface area contributed by atoms with E-state index < -0.39 is 22.4 Å². The molecular weight excluding hydrogens is 669 g/mol. The van der Waals surface area contributed by atoms with Crippen molar-refractivity contribution in [3.05, 3.63) is 89.5 Å². The van der Waals surface area contributed by atoms with Gasteiger partial charge in [-0.2, -0.15) is 12.7 Å². The fourth-order valence-electron chi connectivity index (χ4n) is 7.29. The number of fused-ring (bicyclic) bond motifs is 5. The predicted octanol–water partition coefficient (Wildman–Crippen LogP) is 5.79. The fourth-order valence-corrected chi connectivity index (χ4v) is 8.11. The van der Waals surface area contributed by atoms with Gasteiger partial charge in [-0.1, -0.05) is 67.8 Å². The van der Waals surface area contributed by atoms with Crippen LogP contribution in [0.5, 0.6) is 5.75 Å². The number of amides is 1. The molecule has 6 rings (SSSR count). The van der Waals surface area contributed by atoms with Crippen molar-refractivity contribution in [3.8, 4) is 17.0 Å². The maximum absolute atomic E-state index is 13.6. The standard InChI is InChI=1S/C39H50N4O7S/c1-41(24-28-13-7-5-8-14-28)21-22-49-31-25-43-34-23-30(39(44)40-51(45,46)42(2)26-36(47-3)48-4)19-20-32(34)37(29-15-9-6-10-16-29)38(43)33-17-11-12-18-35(33)50-27-31/h5,7-8,11-14,17-20,23,29,31,36H,6,9-10,15-16,21-22,24-27H2,1-4H3,(H,40,44)/t31-/m0/s1. The lowest BCUT2D eigenvalue weighted by Gasteiger charge is -2.28. The number of para-hydroxylation sites is 1. The molecule has 1 aliphatic carbocycles. The Bertz CT molecular complexity index is 1890. The monoisotopic (exact) mass is 718 g/mol. The van der Waals surface area contributed by atoms with Crippen molar-refractivity contribution in [2.75, 3.05) is 54.6 Å². The van der Waals surface area contributed by atoms with Gasteiger partial charge in [0.2, 0.25) is 0 Å². The molecule has 0 saturated heterocycles. The number of nitrogens with one attached hydrogen (secondary N) is 1. The second kappa shape index (κ2) is 16.7. The zero-order chi connectivity index (χ0) is 36.0. The van der Waals surface area contributed by atoms with Crippen LogP contribution in [0.15, 0.2) is 72.8 Å². The molecule has 12 heteroatoms. The van der Waals surface area contributed by atoms with Crippen LogP contribution in [0.3, 0.4) is 0 Å². The summed E-state index contributed by atoms with van der Waals surface area (Å²) in [6.45, 7) is 2.89. The van der Waals surface area contributed by atoms with Gasteiger partial charge in [0.05, 0.1) is 25.4 Å². The molecule has 0 bridgehead atoms. The number of carbonyl (C=O) groups excluding carboxylic acids is 1. The van der Waals surface area contributed by atoms with Gasteiger partial charge in [-0.3, -0.25) is 9.69 Å². The second-order valence-corrected chi connectivity index (χ2v) is 15.4. The van der Waals surface area contributed by atoms with E-state index in [0.29, 0.717) is 25.7 Å². The van der Waals surface area contributed by atoms with Crippen LogP contribution in [0.4, 0.5) is 0 Å². The van der Waals surface area contributed by atoms with Gasteiger partial charge >= 0.3 is 10.2 Å². The summed E-state index contributed by atoms with van der Waals surface area (Å²) in [7, 11) is 2.14. The summed E-state index contributed by atoms with van der Waals surface area (Å²) in [5.74, 6) is 0.429. The van der Waals surface area contributed by atoms with Crippen LogP contribution in [0.1, 0.15) is 59.5 Å². The first kappa shape index (κ1) is 37.0. The van der Waals surface area contributed by atoms with Gasteiger partial charge < -0.3 is 23.5 Å². The molecule has 0 spiro atoms. The van der Waals surface area contributed by atoms with Gasteiger partial charge in [0.15, 0.2) is 6.29 Å². The summed E-state index contributed by atoms with van der Waals surface area (Å²) in [6, 6.07) is 24.0. The van der Waals surface area contributed by atoms with Gasteiger partial charge in [0, 0.05) is 56.4 Å². The minimum Gasteiger partial charge on any atom is -0.490 e. The summed E-state index contributed by atoms with van der Waals surface area (Å²) < 4.78 is 55.1. The van der Waals surface area contributed by atoms with Crippen LogP contribution < -0.4 is 9.46 Å². The maximum Gasteiger partial charge on any atom is 0.303 e. The third-order valence-corrected chi connectivity index (χ3v) is 11.4. The highest BCUT2D eigenvalue weighted by molar-refractivity contribution is 7.87. The molecule has 1 amide bonds. The predicted molar refractivity (Wildman–Crippen MR) is 198 cm³/mol. The van der Waals surface area contributed by atoms with Crippen molar-refractivity contribution >= 4 is 27.0 Å². The smallest absolute Gasteiger partial charge is 0.303 e. The Morgan fingerprint density at radius 3 is 2.45 bits per heavy atom. The van der Waals surface area contributed by atoms with E-state index >= 15 is 0 Å². The SMILES string of the molecule is COC(CN(C)S(=O)(=O)NC(=O)c1ccc2c(C3CCCCC3)c3n(c2c1)C[C@H](OCCN(C)Cc1ccccc1)COc1ccccc1-3)OC. The lowest BCUT2D eigenvalue weighted by atomic mass is 9.81.